The lowest BCUT2D eigenvalue weighted by Crippen LogP contribution is -2.48. The number of rotatable bonds is 4. The van der Waals surface area contributed by atoms with E-state index in [9.17, 15) is 4.39 Å². The Kier molecular flexibility index (Phi) is 3.94. The van der Waals surface area contributed by atoms with Gasteiger partial charge in [-0.1, -0.05) is 6.07 Å². The third-order valence-electron chi connectivity index (χ3n) is 4.38. The number of hydrogen-bond acceptors (Lipinski definition) is 3. The highest BCUT2D eigenvalue weighted by Gasteiger charge is 2.43. The van der Waals surface area contributed by atoms with Crippen LogP contribution in [0, 0.1) is 5.82 Å². The molecule has 2 aliphatic rings. The summed E-state index contributed by atoms with van der Waals surface area (Å²) in [5.41, 5.74) is 0.964. The van der Waals surface area contributed by atoms with Crippen LogP contribution in [0.5, 0.6) is 5.75 Å². The molecule has 0 amide bonds. The average Bonchev–Trinajstić information content (AvgIpc) is 2.41. The minimum Gasteiger partial charge on any atom is -0.487 e. The van der Waals surface area contributed by atoms with Gasteiger partial charge in [0, 0.05) is 19.4 Å². The highest BCUT2D eigenvalue weighted by atomic mass is 19.1. The van der Waals surface area contributed by atoms with E-state index in [1.54, 1.807) is 12.1 Å². The highest BCUT2D eigenvalue weighted by molar-refractivity contribution is 5.29. The molecule has 3 rings (SSSR count). The minimum atomic E-state index is -0.271. The van der Waals surface area contributed by atoms with Gasteiger partial charge in [-0.3, -0.25) is 0 Å². The lowest BCUT2D eigenvalue weighted by atomic mass is 9.74. The predicted octanol–water partition coefficient (Wildman–Crippen LogP) is 3.03. The van der Waals surface area contributed by atoms with Crippen molar-refractivity contribution in [2.24, 2.45) is 0 Å². The third kappa shape index (κ3) is 2.81. The molecule has 3 nitrogen and oxygen atoms in total. The maximum absolute atomic E-state index is 14.0. The Hall–Kier alpha value is -1.13. The molecule has 2 fully saturated rings. The second-order valence-corrected chi connectivity index (χ2v) is 5.91. The fourth-order valence-electron chi connectivity index (χ4n) is 3.14. The summed E-state index contributed by atoms with van der Waals surface area (Å²) in [5, 5.41) is 3.01. The van der Waals surface area contributed by atoms with Gasteiger partial charge in [0.1, 0.15) is 6.10 Å². The molecule has 1 spiro atoms. The van der Waals surface area contributed by atoms with Gasteiger partial charge in [0.05, 0.1) is 12.2 Å². The van der Waals surface area contributed by atoms with Gasteiger partial charge in [-0.15, -0.1) is 0 Å². The Morgan fingerprint density at radius 2 is 2.30 bits per heavy atom. The number of ether oxygens (including phenoxy) is 2. The number of benzene rings is 1. The van der Waals surface area contributed by atoms with Crippen molar-refractivity contribution in [1.82, 2.24) is 5.32 Å². The Morgan fingerprint density at radius 3 is 2.95 bits per heavy atom. The van der Waals surface area contributed by atoms with E-state index in [4.69, 9.17) is 9.47 Å². The van der Waals surface area contributed by atoms with Crippen LogP contribution in [0.25, 0.3) is 0 Å². The normalized spacial score (nSPS) is 24.4. The fraction of sp³-hybridized carbons (Fsp3) is 0.625. The monoisotopic (exact) mass is 279 g/mol. The SMILES string of the molecule is CNCc1ccc(OC2CCOC3(CCC3)C2)c(F)c1. The molecule has 1 atom stereocenters. The molecule has 1 saturated heterocycles. The first-order valence-corrected chi connectivity index (χ1v) is 7.44. The molecular formula is C16H22FNO2. The largest absolute Gasteiger partial charge is 0.487 e. The average molecular weight is 279 g/mol. The van der Waals surface area contributed by atoms with Crippen molar-refractivity contribution in [3.8, 4) is 5.75 Å². The highest BCUT2D eigenvalue weighted by Crippen LogP contribution is 2.43. The van der Waals surface area contributed by atoms with Crippen LogP contribution < -0.4 is 10.1 Å². The summed E-state index contributed by atoms with van der Waals surface area (Å²) in [6.45, 7) is 1.39. The number of halogens is 1. The standard InChI is InChI=1S/C16H22FNO2/c1-18-11-12-3-4-15(14(17)9-12)20-13-5-8-19-16(10-13)6-2-7-16/h3-4,9,13,18H,2,5-8,10-11H2,1H3. The smallest absolute Gasteiger partial charge is 0.165 e. The molecule has 1 aliphatic carbocycles. The summed E-state index contributed by atoms with van der Waals surface area (Å²) in [6, 6.07) is 5.20. The van der Waals surface area contributed by atoms with Gasteiger partial charge in [0.2, 0.25) is 0 Å². The van der Waals surface area contributed by atoms with E-state index in [1.165, 1.54) is 6.42 Å². The van der Waals surface area contributed by atoms with E-state index in [-0.39, 0.29) is 17.5 Å². The summed E-state index contributed by atoms with van der Waals surface area (Å²) < 4.78 is 25.8. The van der Waals surface area contributed by atoms with Gasteiger partial charge in [-0.25, -0.2) is 4.39 Å². The predicted molar refractivity (Wildman–Crippen MR) is 75.3 cm³/mol. The molecule has 0 bridgehead atoms. The van der Waals surface area contributed by atoms with Crippen molar-refractivity contribution < 1.29 is 13.9 Å². The van der Waals surface area contributed by atoms with Crippen LogP contribution in [0.15, 0.2) is 18.2 Å². The second kappa shape index (κ2) is 5.70. The van der Waals surface area contributed by atoms with E-state index < -0.39 is 0 Å². The molecule has 0 aromatic heterocycles. The first kappa shape index (κ1) is 13.8. The minimum absolute atomic E-state index is 0.0332. The van der Waals surface area contributed by atoms with Crippen LogP contribution in [0.1, 0.15) is 37.7 Å². The van der Waals surface area contributed by atoms with Crippen LogP contribution in [0.4, 0.5) is 4.39 Å². The van der Waals surface area contributed by atoms with Crippen LogP contribution in [-0.2, 0) is 11.3 Å². The van der Waals surface area contributed by atoms with Crippen molar-refractivity contribution in [3.63, 3.8) is 0 Å². The van der Waals surface area contributed by atoms with Gasteiger partial charge >= 0.3 is 0 Å². The summed E-state index contributed by atoms with van der Waals surface area (Å²) in [7, 11) is 1.85. The first-order valence-electron chi connectivity index (χ1n) is 7.44. The van der Waals surface area contributed by atoms with Gasteiger partial charge in [0.25, 0.3) is 0 Å². The second-order valence-electron chi connectivity index (χ2n) is 5.91. The Labute approximate surface area is 119 Å². The Balaban J connectivity index is 1.65. The Bertz CT molecular complexity index is 474. The van der Waals surface area contributed by atoms with Gasteiger partial charge < -0.3 is 14.8 Å². The summed E-state index contributed by atoms with van der Waals surface area (Å²) in [4.78, 5) is 0. The topological polar surface area (TPSA) is 30.5 Å². The molecule has 1 heterocycles. The van der Waals surface area contributed by atoms with E-state index in [0.29, 0.717) is 12.3 Å². The van der Waals surface area contributed by atoms with E-state index >= 15 is 0 Å². The lowest BCUT2D eigenvalue weighted by Gasteiger charge is -2.46. The van der Waals surface area contributed by atoms with E-state index in [1.807, 2.05) is 13.1 Å². The maximum Gasteiger partial charge on any atom is 0.165 e. The third-order valence-corrected chi connectivity index (χ3v) is 4.38. The molecule has 20 heavy (non-hydrogen) atoms. The van der Waals surface area contributed by atoms with Gasteiger partial charge in [-0.05, 0) is 44.0 Å². The van der Waals surface area contributed by atoms with Crippen molar-refractivity contribution in [2.45, 2.75) is 50.4 Å². The molecule has 4 heteroatoms. The molecule has 1 aromatic carbocycles. The summed E-state index contributed by atoms with van der Waals surface area (Å²) in [6.07, 6.45) is 5.30. The molecule has 1 N–H and O–H groups in total. The molecule has 0 radical (unpaired) electrons. The molecule has 1 saturated carbocycles. The van der Waals surface area contributed by atoms with Crippen molar-refractivity contribution in [1.29, 1.82) is 0 Å². The van der Waals surface area contributed by atoms with E-state index in [0.717, 1.165) is 37.9 Å². The zero-order valence-electron chi connectivity index (χ0n) is 12.0. The van der Waals surface area contributed by atoms with Crippen LogP contribution in [-0.4, -0.2) is 25.4 Å². The summed E-state index contributed by atoms with van der Waals surface area (Å²) in [5.74, 6) is 0.0955. The zero-order valence-corrected chi connectivity index (χ0v) is 12.0. The van der Waals surface area contributed by atoms with Crippen molar-refractivity contribution in [3.05, 3.63) is 29.6 Å². The first-order chi connectivity index (χ1) is 9.71. The summed E-state index contributed by atoms with van der Waals surface area (Å²) >= 11 is 0. The van der Waals surface area contributed by atoms with Crippen LogP contribution in [0.3, 0.4) is 0 Å². The number of hydrogen-bond donors (Lipinski definition) is 1. The van der Waals surface area contributed by atoms with Gasteiger partial charge in [-0.2, -0.15) is 0 Å². The molecule has 1 aromatic rings. The molecule has 1 unspecified atom stereocenters. The lowest BCUT2D eigenvalue weighted by molar-refractivity contribution is -0.153. The van der Waals surface area contributed by atoms with Crippen molar-refractivity contribution in [2.75, 3.05) is 13.7 Å². The Morgan fingerprint density at radius 1 is 1.45 bits per heavy atom. The molecule has 1 aliphatic heterocycles. The quantitative estimate of drug-likeness (QED) is 0.919. The molecule has 110 valence electrons. The van der Waals surface area contributed by atoms with Crippen molar-refractivity contribution >= 4 is 0 Å². The van der Waals surface area contributed by atoms with Crippen LogP contribution >= 0.6 is 0 Å². The van der Waals surface area contributed by atoms with Crippen LogP contribution in [0.2, 0.25) is 0 Å². The van der Waals surface area contributed by atoms with E-state index in [2.05, 4.69) is 5.32 Å². The molecular weight excluding hydrogens is 257 g/mol. The fourth-order valence-corrected chi connectivity index (χ4v) is 3.14. The maximum atomic E-state index is 14.0. The number of nitrogens with one attached hydrogen (secondary N) is 1. The van der Waals surface area contributed by atoms with Gasteiger partial charge in [0.15, 0.2) is 11.6 Å². The zero-order chi connectivity index (χ0) is 14.0.